The van der Waals surface area contributed by atoms with Crippen LogP contribution in [0.4, 0.5) is 8.78 Å². The number of nitrogens with zero attached hydrogens (tertiary/aromatic N) is 1. The molecule has 0 aromatic carbocycles. The van der Waals surface area contributed by atoms with Gasteiger partial charge in [-0.3, -0.25) is 33.0 Å². The summed E-state index contributed by atoms with van der Waals surface area (Å²) in [6.45, 7) is 8.56. The van der Waals surface area contributed by atoms with E-state index in [1.165, 1.54) is 6.92 Å². The van der Waals surface area contributed by atoms with Crippen molar-refractivity contribution in [3.8, 4) is 0 Å². The van der Waals surface area contributed by atoms with Gasteiger partial charge < -0.3 is 14.6 Å². The Kier molecular flexibility index (Phi) is 11.7. The molecule has 18 heteroatoms. The smallest absolute Gasteiger partial charge is 0.406 e. The van der Waals surface area contributed by atoms with Crippen molar-refractivity contribution >= 4 is 42.2 Å². The van der Waals surface area contributed by atoms with Crippen LogP contribution < -0.4 is 16.3 Å². The van der Waals surface area contributed by atoms with Gasteiger partial charge in [-0.25, -0.2) is 18.8 Å². The molecule has 0 spiro atoms. The second kappa shape index (κ2) is 13.6. The van der Waals surface area contributed by atoms with Gasteiger partial charge >= 0.3 is 19.4 Å². The minimum atomic E-state index is -4.42. The lowest BCUT2D eigenvalue weighted by Crippen LogP contribution is -2.42. The topological polar surface area (TPSA) is 175 Å². The zero-order chi connectivity index (χ0) is 30.6. The monoisotopic (exact) mass is 635 g/mol. The zero-order valence-corrected chi connectivity index (χ0v) is 25.1. The van der Waals surface area contributed by atoms with Crippen molar-refractivity contribution in [2.75, 3.05) is 19.0 Å². The van der Waals surface area contributed by atoms with Crippen LogP contribution in [0, 0.1) is 11.2 Å². The number of hydrogen-bond donors (Lipinski definition) is 3. The van der Waals surface area contributed by atoms with Crippen LogP contribution >= 0.6 is 31.1 Å². The molecular weight excluding hydrogens is 603 g/mol. The number of aliphatic hydroxyl groups is 1. The van der Waals surface area contributed by atoms with E-state index in [1.807, 2.05) is 0 Å². The Labute approximate surface area is 237 Å². The highest BCUT2D eigenvalue weighted by atomic mass is 35.5. The first-order valence-electron chi connectivity index (χ1n) is 12.1. The molecule has 0 amide bonds. The Morgan fingerprint density at radius 1 is 1.32 bits per heavy atom. The van der Waals surface area contributed by atoms with Gasteiger partial charge in [0.25, 0.3) is 10.7 Å². The lowest BCUT2D eigenvalue weighted by Gasteiger charge is -2.25. The highest BCUT2D eigenvalue weighted by Gasteiger charge is 2.58. The van der Waals surface area contributed by atoms with Crippen molar-refractivity contribution < 1.29 is 46.6 Å². The van der Waals surface area contributed by atoms with E-state index in [0.717, 1.165) is 11.8 Å². The van der Waals surface area contributed by atoms with Crippen molar-refractivity contribution in [3.05, 3.63) is 32.9 Å². The fourth-order valence-corrected chi connectivity index (χ4v) is 5.84. The molecule has 13 nitrogen and oxygen atoms in total. The van der Waals surface area contributed by atoms with Crippen LogP contribution in [0.3, 0.4) is 0 Å². The standard InChI is InChI=1S/C22H33ClF2N3O10PS/c1-11(2)37-17(31)12(3)27-39(34,35-7-8-40-19(32)21(4,5)6)36-10-14-15(29)22(23,25)18(38-14)28-9-13(24)16(30)26-20(28)33/h9,11-12,14-15,18,29H,7-8,10H2,1-6H3,(H,27,34)(H,26,30,33)/t12-,14+,15+,18+,22-,39?/m0/s1. The fourth-order valence-electron chi connectivity index (χ4n) is 3.16. The predicted molar refractivity (Wildman–Crippen MR) is 141 cm³/mol. The van der Waals surface area contributed by atoms with Crippen molar-refractivity contribution in [1.29, 1.82) is 0 Å². The number of H-pyrrole nitrogens is 1. The van der Waals surface area contributed by atoms with Gasteiger partial charge in [-0.05, 0) is 20.8 Å². The number of aliphatic hydroxyl groups excluding tert-OH is 1. The van der Waals surface area contributed by atoms with Crippen LogP contribution in [0.15, 0.2) is 15.8 Å². The van der Waals surface area contributed by atoms with Gasteiger partial charge in [-0.1, -0.05) is 44.1 Å². The van der Waals surface area contributed by atoms with Crippen LogP contribution in [0.5, 0.6) is 0 Å². The molecule has 1 aromatic heterocycles. The van der Waals surface area contributed by atoms with E-state index >= 15 is 4.39 Å². The number of hydrogen-bond acceptors (Lipinski definition) is 11. The quantitative estimate of drug-likeness (QED) is 0.132. The molecule has 40 heavy (non-hydrogen) atoms. The average molecular weight is 636 g/mol. The predicted octanol–water partition coefficient (Wildman–Crippen LogP) is 2.22. The maximum Gasteiger partial charge on any atom is 0.406 e. The van der Waals surface area contributed by atoms with Crippen LogP contribution in [0.2, 0.25) is 0 Å². The molecule has 1 fully saturated rings. The van der Waals surface area contributed by atoms with Crippen molar-refractivity contribution in [2.24, 2.45) is 5.41 Å². The molecule has 3 N–H and O–H groups in total. The number of carbonyl (C=O) groups excluding carboxylic acids is 2. The van der Waals surface area contributed by atoms with E-state index in [1.54, 1.807) is 39.6 Å². The number of aromatic amines is 1. The first kappa shape index (κ1) is 34.6. The number of thioether (sulfide) groups is 1. The van der Waals surface area contributed by atoms with E-state index in [0.29, 0.717) is 10.8 Å². The minimum Gasteiger partial charge on any atom is -0.462 e. The summed E-state index contributed by atoms with van der Waals surface area (Å²) in [4.78, 5) is 49.4. The summed E-state index contributed by atoms with van der Waals surface area (Å²) in [5.41, 5.74) is -3.28. The van der Waals surface area contributed by atoms with Gasteiger partial charge in [-0.15, -0.1) is 0 Å². The van der Waals surface area contributed by atoms with E-state index in [2.05, 4.69) is 5.09 Å². The van der Waals surface area contributed by atoms with Crippen LogP contribution in [-0.4, -0.2) is 74.2 Å². The van der Waals surface area contributed by atoms with Crippen molar-refractivity contribution in [3.63, 3.8) is 0 Å². The maximum absolute atomic E-state index is 15.2. The Bertz CT molecular complexity index is 1240. The molecule has 0 bridgehead atoms. The normalized spacial score (nSPS) is 25.5. The van der Waals surface area contributed by atoms with Gasteiger partial charge in [0.15, 0.2) is 11.3 Å². The molecule has 2 heterocycles. The molecule has 0 saturated carbocycles. The lowest BCUT2D eigenvalue weighted by molar-refractivity contribution is -0.149. The first-order chi connectivity index (χ1) is 18.3. The van der Waals surface area contributed by atoms with Crippen molar-refractivity contribution in [1.82, 2.24) is 14.6 Å². The molecule has 2 rings (SSSR count). The molecule has 1 unspecified atom stereocenters. The second-order valence-electron chi connectivity index (χ2n) is 10.1. The number of esters is 1. The summed E-state index contributed by atoms with van der Waals surface area (Å²) >= 11 is 6.71. The lowest BCUT2D eigenvalue weighted by atomic mass is 10.00. The average Bonchev–Trinajstić information content (AvgIpc) is 3.05. The third-order valence-corrected chi connectivity index (χ3v) is 8.58. The number of rotatable bonds is 12. The summed E-state index contributed by atoms with van der Waals surface area (Å²) in [6, 6.07) is -1.21. The first-order valence-corrected chi connectivity index (χ1v) is 15.0. The number of carbonyl (C=O) groups is 2. The van der Waals surface area contributed by atoms with E-state index in [9.17, 15) is 33.2 Å². The molecular formula is C22H33ClF2N3O10PS. The van der Waals surface area contributed by atoms with Crippen LogP contribution in [0.25, 0.3) is 0 Å². The second-order valence-corrected chi connectivity index (χ2v) is 13.6. The van der Waals surface area contributed by atoms with E-state index in [-0.39, 0.29) is 17.5 Å². The van der Waals surface area contributed by atoms with Gasteiger partial charge in [0.1, 0.15) is 18.2 Å². The summed E-state index contributed by atoms with van der Waals surface area (Å²) < 4.78 is 63.8. The molecule has 1 aromatic rings. The highest BCUT2D eigenvalue weighted by Crippen LogP contribution is 2.48. The molecule has 6 atom stereocenters. The number of aromatic nitrogens is 2. The molecule has 0 radical (unpaired) electrons. The zero-order valence-electron chi connectivity index (χ0n) is 22.6. The SMILES string of the molecule is CC(C)OC(=O)[C@H](C)NP(=O)(OCCSC(=O)C(C)(C)C)OC[C@H]1O[C@@H](n2cc(F)c(=O)[nH]c2=O)[C@](F)(Cl)[C@@H]1O. The summed E-state index contributed by atoms with van der Waals surface area (Å²) in [5.74, 6) is -2.17. The summed E-state index contributed by atoms with van der Waals surface area (Å²) in [6.07, 6.45) is -6.13. The third kappa shape index (κ3) is 8.92. The van der Waals surface area contributed by atoms with Crippen LogP contribution in [0.1, 0.15) is 47.8 Å². The summed E-state index contributed by atoms with van der Waals surface area (Å²) in [7, 11) is -4.42. The number of ether oxygens (including phenoxy) is 2. The van der Waals surface area contributed by atoms with Gasteiger partial charge in [0, 0.05) is 11.2 Å². The fraction of sp³-hybridized carbons (Fsp3) is 0.727. The van der Waals surface area contributed by atoms with Crippen LogP contribution in [-0.2, 0) is 32.7 Å². The molecule has 1 saturated heterocycles. The minimum absolute atomic E-state index is 0.0660. The number of nitrogens with one attached hydrogen (secondary N) is 2. The molecule has 1 aliphatic heterocycles. The number of alkyl halides is 2. The van der Waals surface area contributed by atoms with E-state index < -0.39 is 78.5 Å². The maximum atomic E-state index is 15.2. The number of halogens is 3. The Hall–Kier alpha value is -1.65. The van der Waals surface area contributed by atoms with Gasteiger partial charge in [-0.2, -0.15) is 4.39 Å². The van der Waals surface area contributed by atoms with Gasteiger partial charge in [0.2, 0.25) is 5.82 Å². The molecule has 1 aliphatic rings. The molecule has 0 aliphatic carbocycles. The molecule has 228 valence electrons. The van der Waals surface area contributed by atoms with Gasteiger partial charge in [0.05, 0.1) is 25.5 Å². The largest absolute Gasteiger partial charge is 0.462 e. The van der Waals surface area contributed by atoms with E-state index in [4.69, 9.17) is 30.1 Å². The highest BCUT2D eigenvalue weighted by molar-refractivity contribution is 8.13. The Morgan fingerprint density at radius 3 is 2.52 bits per heavy atom. The van der Waals surface area contributed by atoms with Crippen molar-refractivity contribution in [2.45, 2.75) is 77.3 Å². The summed E-state index contributed by atoms with van der Waals surface area (Å²) in [5, 5.41) is 9.43. The Morgan fingerprint density at radius 2 is 1.95 bits per heavy atom. The Balaban J connectivity index is 2.19. The third-order valence-electron chi connectivity index (χ3n) is 5.21.